The molecule has 0 atom stereocenters. The Bertz CT molecular complexity index is 810. The number of halogens is 1. The van der Waals surface area contributed by atoms with Crippen molar-refractivity contribution >= 4 is 39.8 Å². The highest BCUT2D eigenvalue weighted by Gasteiger charge is 2.11. The number of fused-ring (bicyclic) bond motifs is 1. The van der Waals surface area contributed by atoms with Crippen molar-refractivity contribution in [3.8, 4) is 0 Å². The summed E-state index contributed by atoms with van der Waals surface area (Å²) in [5.41, 5.74) is 8.83. The summed E-state index contributed by atoms with van der Waals surface area (Å²) in [5.74, 6) is 0.878. The van der Waals surface area contributed by atoms with E-state index in [9.17, 15) is 0 Å². The Morgan fingerprint density at radius 2 is 2.00 bits per heavy atom. The van der Waals surface area contributed by atoms with Crippen LogP contribution in [0, 0.1) is 0 Å². The number of hydrogen-bond acceptors (Lipinski definition) is 2. The van der Waals surface area contributed by atoms with E-state index < -0.39 is 0 Å². The fraction of sp³-hybridized carbons (Fsp3) is 0.125. The van der Waals surface area contributed by atoms with E-state index in [1.807, 2.05) is 42.5 Å². The van der Waals surface area contributed by atoms with E-state index in [1.165, 1.54) is 0 Å². The van der Waals surface area contributed by atoms with Crippen LogP contribution < -0.4 is 5.73 Å². The first-order valence-electron chi connectivity index (χ1n) is 6.60. The predicted octanol–water partition coefficient (Wildman–Crippen LogP) is 3.57. The van der Waals surface area contributed by atoms with Crippen LogP contribution >= 0.6 is 23.8 Å². The number of nitrogens with two attached hydrogens (primary N) is 1. The van der Waals surface area contributed by atoms with Gasteiger partial charge in [0.2, 0.25) is 0 Å². The standard InChI is InChI=1S/C16H14ClN3S/c17-12-5-3-4-11(8-12)10-20-14-7-2-1-6-13(14)19-16(20)9-15(18)21/h1-8H,9-10H2,(H2,18,21). The number of para-hydroxylation sites is 2. The molecule has 1 aromatic heterocycles. The zero-order valence-corrected chi connectivity index (χ0v) is 12.9. The van der Waals surface area contributed by atoms with Crippen molar-refractivity contribution < 1.29 is 0 Å². The maximum atomic E-state index is 6.06. The van der Waals surface area contributed by atoms with Gasteiger partial charge in [0.25, 0.3) is 0 Å². The van der Waals surface area contributed by atoms with E-state index in [-0.39, 0.29) is 0 Å². The Balaban J connectivity index is 2.08. The van der Waals surface area contributed by atoms with E-state index in [0.29, 0.717) is 18.0 Å². The molecule has 21 heavy (non-hydrogen) atoms. The van der Waals surface area contributed by atoms with Gasteiger partial charge in [0.15, 0.2) is 0 Å². The van der Waals surface area contributed by atoms with E-state index in [1.54, 1.807) is 0 Å². The van der Waals surface area contributed by atoms with E-state index >= 15 is 0 Å². The molecule has 0 bridgehead atoms. The summed E-state index contributed by atoms with van der Waals surface area (Å²) < 4.78 is 2.14. The maximum absolute atomic E-state index is 6.06. The zero-order chi connectivity index (χ0) is 14.8. The quantitative estimate of drug-likeness (QED) is 0.749. The minimum absolute atomic E-state index is 0.442. The first kappa shape index (κ1) is 14.0. The molecule has 2 aromatic carbocycles. The molecule has 0 unspecified atom stereocenters. The van der Waals surface area contributed by atoms with Crippen LogP contribution in [-0.2, 0) is 13.0 Å². The number of aromatic nitrogens is 2. The number of hydrogen-bond donors (Lipinski definition) is 1. The van der Waals surface area contributed by atoms with Gasteiger partial charge in [-0.1, -0.05) is 48.1 Å². The van der Waals surface area contributed by atoms with E-state index in [4.69, 9.17) is 29.6 Å². The molecule has 3 aromatic rings. The van der Waals surface area contributed by atoms with Gasteiger partial charge >= 0.3 is 0 Å². The normalized spacial score (nSPS) is 10.9. The third-order valence-corrected chi connectivity index (χ3v) is 3.68. The summed E-state index contributed by atoms with van der Waals surface area (Å²) in [5, 5.41) is 0.729. The lowest BCUT2D eigenvalue weighted by molar-refractivity contribution is 0.774. The van der Waals surface area contributed by atoms with Crippen LogP contribution in [0.5, 0.6) is 0 Å². The van der Waals surface area contributed by atoms with Gasteiger partial charge in [-0.15, -0.1) is 0 Å². The Kier molecular flexibility index (Phi) is 3.90. The molecular formula is C16H14ClN3S. The highest BCUT2D eigenvalue weighted by molar-refractivity contribution is 7.80. The number of nitrogens with zero attached hydrogens (tertiary/aromatic N) is 2. The molecule has 2 N–H and O–H groups in total. The second-order valence-corrected chi connectivity index (χ2v) is 5.84. The average molecular weight is 316 g/mol. The van der Waals surface area contributed by atoms with Gasteiger partial charge in [0.05, 0.1) is 22.4 Å². The van der Waals surface area contributed by atoms with Crippen LogP contribution in [0.1, 0.15) is 11.4 Å². The summed E-state index contributed by atoms with van der Waals surface area (Å²) in [6.07, 6.45) is 0.491. The molecule has 106 valence electrons. The van der Waals surface area contributed by atoms with E-state index in [0.717, 1.165) is 27.4 Å². The largest absolute Gasteiger partial charge is 0.393 e. The number of imidazole rings is 1. The van der Waals surface area contributed by atoms with Crippen molar-refractivity contribution in [1.29, 1.82) is 0 Å². The molecule has 3 rings (SSSR count). The van der Waals surface area contributed by atoms with Crippen molar-refractivity contribution in [2.45, 2.75) is 13.0 Å². The number of rotatable bonds is 4. The monoisotopic (exact) mass is 315 g/mol. The van der Waals surface area contributed by atoms with Gasteiger partial charge in [0.1, 0.15) is 5.82 Å². The van der Waals surface area contributed by atoms with Gasteiger partial charge in [-0.2, -0.15) is 0 Å². The molecule has 0 saturated heterocycles. The Labute approximate surface area is 133 Å². The molecule has 0 aliphatic heterocycles. The zero-order valence-electron chi connectivity index (χ0n) is 11.3. The van der Waals surface area contributed by atoms with Crippen molar-refractivity contribution in [2.24, 2.45) is 5.73 Å². The van der Waals surface area contributed by atoms with Crippen LogP contribution in [0.4, 0.5) is 0 Å². The highest BCUT2D eigenvalue weighted by Crippen LogP contribution is 2.19. The first-order valence-corrected chi connectivity index (χ1v) is 7.39. The van der Waals surface area contributed by atoms with Crippen molar-refractivity contribution in [2.75, 3.05) is 0 Å². The first-order chi connectivity index (χ1) is 10.1. The molecule has 0 saturated carbocycles. The van der Waals surface area contributed by atoms with Crippen molar-refractivity contribution in [1.82, 2.24) is 9.55 Å². The maximum Gasteiger partial charge on any atom is 0.116 e. The fourth-order valence-corrected chi connectivity index (χ4v) is 2.75. The smallest absolute Gasteiger partial charge is 0.116 e. The van der Waals surface area contributed by atoms with Crippen LogP contribution in [-0.4, -0.2) is 14.5 Å². The van der Waals surface area contributed by atoms with Gasteiger partial charge in [-0.3, -0.25) is 0 Å². The number of thiocarbonyl (C=S) groups is 1. The molecule has 1 heterocycles. The average Bonchev–Trinajstić information content (AvgIpc) is 2.76. The van der Waals surface area contributed by atoms with Crippen molar-refractivity contribution in [3.63, 3.8) is 0 Å². The summed E-state index contributed by atoms with van der Waals surface area (Å²) in [4.78, 5) is 5.08. The lowest BCUT2D eigenvalue weighted by atomic mass is 10.2. The highest BCUT2D eigenvalue weighted by atomic mass is 35.5. The van der Waals surface area contributed by atoms with Crippen molar-refractivity contribution in [3.05, 3.63) is 64.9 Å². The SMILES string of the molecule is NC(=S)Cc1nc2ccccc2n1Cc1cccc(Cl)c1. The molecule has 0 aliphatic carbocycles. The topological polar surface area (TPSA) is 43.8 Å². The second kappa shape index (κ2) is 5.84. The van der Waals surface area contributed by atoms with Gasteiger partial charge in [0, 0.05) is 11.6 Å². The van der Waals surface area contributed by atoms with Crippen LogP contribution in [0.2, 0.25) is 5.02 Å². The van der Waals surface area contributed by atoms with Gasteiger partial charge in [-0.05, 0) is 29.8 Å². The van der Waals surface area contributed by atoms with Crippen LogP contribution in [0.15, 0.2) is 48.5 Å². The number of benzene rings is 2. The third-order valence-electron chi connectivity index (χ3n) is 3.30. The summed E-state index contributed by atoms with van der Waals surface area (Å²) in [7, 11) is 0. The summed E-state index contributed by atoms with van der Waals surface area (Å²) in [6.45, 7) is 0.693. The van der Waals surface area contributed by atoms with E-state index in [2.05, 4.69) is 15.6 Å². The molecule has 3 nitrogen and oxygen atoms in total. The molecule has 0 aliphatic rings. The minimum atomic E-state index is 0.442. The molecule has 5 heteroatoms. The van der Waals surface area contributed by atoms with Crippen LogP contribution in [0.25, 0.3) is 11.0 Å². The van der Waals surface area contributed by atoms with Gasteiger partial charge in [-0.25, -0.2) is 4.98 Å². The van der Waals surface area contributed by atoms with Crippen LogP contribution in [0.3, 0.4) is 0 Å². The molecule has 0 spiro atoms. The lowest BCUT2D eigenvalue weighted by Crippen LogP contribution is -2.15. The Hall–Kier alpha value is -1.91. The Morgan fingerprint density at radius 1 is 1.19 bits per heavy atom. The van der Waals surface area contributed by atoms with Gasteiger partial charge < -0.3 is 10.3 Å². The minimum Gasteiger partial charge on any atom is -0.393 e. The fourth-order valence-electron chi connectivity index (χ4n) is 2.41. The Morgan fingerprint density at radius 3 is 2.76 bits per heavy atom. The summed E-state index contributed by atoms with van der Waals surface area (Å²) in [6, 6.07) is 15.8. The summed E-state index contributed by atoms with van der Waals surface area (Å²) >= 11 is 11.1. The molecule has 0 amide bonds. The third kappa shape index (κ3) is 3.06. The molecular weight excluding hydrogens is 302 g/mol. The predicted molar refractivity (Wildman–Crippen MR) is 90.8 cm³/mol. The molecule has 0 fully saturated rings. The second-order valence-electron chi connectivity index (χ2n) is 4.88. The molecule has 0 radical (unpaired) electrons. The lowest BCUT2D eigenvalue weighted by Gasteiger charge is -2.09.